The zero-order valence-corrected chi connectivity index (χ0v) is 36.5. The smallest absolute Gasteiger partial charge is 0.312 e. The number of aliphatic hydroxyl groups excluding tert-OH is 2. The molecule has 9 atom stereocenters. The minimum Gasteiger partial charge on any atom is -0.507 e. The fourth-order valence-corrected chi connectivity index (χ4v) is 9.11. The summed E-state index contributed by atoms with van der Waals surface area (Å²) in [6.45, 7) is 19.2. The number of piperidine rings is 1. The van der Waals surface area contributed by atoms with Crippen LogP contribution in [0.3, 0.4) is 0 Å². The molecule has 5 aliphatic rings. The first-order valence-electron chi connectivity index (χ1n) is 20.9. The van der Waals surface area contributed by atoms with Crippen molar-refractivity contribution < 1.29 is 53.8 Å². The first kappa shape index (κ1) is 45.4. The van der Waals surface area contributed by atoms with E-state index in [4.69, 9.17) is 23.9 Å². The van der Waals surface area contributed by atoms with E-state index in [0.717, 1.165) is 19.6 Å². The Morgan fingerprint density at radius 2 is 1.70 bits per heavy atom. The number of hydrogen-bond donors (Lipinski definition) is 5. The molecule has 5 heterocycles. The molecule has 15 heteroatoms. The van der Waals surface area contributed by atoms with E-state index in [-0.39, 0.29) is 49.7 Å². The van der Waals surface area contributed by atoms with E-state index in [1.165, 1.54) is 33.3 Å². The summed E-state index contributed by atoms with van der Waals surface area (Å²) in [5.41, 5.74) is 0.156. The molecule has 5 N–H and O–H groups in total. The second-order valence-corrected chi connectivity index (χ2v) is 17.3. The topological polar surface area (TPSA) is 209 Å². The van der Waals surface area contributed by atoms with Crippen molar-refractivity contribution in [3.05, 3.63) is 70.6 Å². The lowest BCUT2D eigenvalue weighted by Crippen LogP contribution is -2.55. The van der Waals surface area contributed by atoms with Gasteiger partial charge in [0.25, 0.3) is 11.7 Å². The van der Waals surface area contributed by atoms with Crippen LogP contribution in [-0.4, -0.2) is 112 Å². The number of aromatic hydroxyl groups is 2. The summed E-state index contributed by atoms with van der Waals surface area (Å²) >= 11 is 0. The van der Waals surface area contributed by atoms with Gasteiger partial charge in [-0.3, -0.25) is 24.3 Å². The molecule has 1 amide bonds. The van der Waals surface area contributed by atoms with Gasteiger partial charge in [0, 0.05) is 80.8 Å². The van der Waals surface area contributed by atoms with Gasteiger partial charge in [-0.15, -0.1) is 6.58 Å². The zero-order chi connectivity index (χ0) is 44.7. The molecule has 330 valence electrons. The number of rotatable bonds is 4. The Balaban J connectivity index is 1.56. The molecule has 7 rings (SSSR count). The number of allylic oxidation sites excluding steroid dienone is 2. The van der Waals surface area contributed by atoms with Crippen molar-refractivity contribution in [2.75, 3.05) is 38.6 Å². The Bertz CT molecular complexity index is 2310. The number of Topliss-reactive ketones (excluding diaryl/α,β-unsaturated/α-hetero) is 1. The first-order chi connectivity index (χ1) is 28.8. The molecule has 0 aliphatic carbocycles. The number of likely N-dealkylation sites (tertiary alicyclic amines) is 1. The summed E-state index contributed by atoms with van der Waals surface area (Å²) in [5.74, 6) is -7.10. The highest BCUT2D eigenvalue weighted by atomic mass is 16.7. The summed E-state index contributed by atoms with van der Waals surface area (Å²) in [6, 6.07) is 0. The van der Waals surface area contributed by atoms with E-state index < -0.39 is 82.8 Å². The second kappa shape index (κ2) is 17.7. The van der Waals surface area contributed by atoms with Gasteiger partial charge >= 0.3 is 11.8 Å². The molecule has 61 heavy (non-hydrogen) atoms. The SMILES string of the molecule is C=CCN1CCC2(CC1)CN=c1c(c3c4c5c(C)c(O)c3c(O)c1=NC(=O)/C(C)=C\C=C\[C@H](C)[C@H](O)[C@@H](C)[C@@H](O)[C@@H](C)[C@H](OC(C)=O)C(C)[C@@H](OC)/C=C/O[C@@](C)(O5)C4=O)N2. The predicted molar refractivity (Wildman–Crippen MR) is 228 cm³/mol. The fraction of sp³-hybridized carbons (Fsp3) is 0.543. The van der Waals surface area contributed by atoms with E-state index in [9.17, 15) is 34.8 Å². The number of ether oxygens (including phenoxy) is 4. The maximum atomic E-state index is 14.8. The zero-order valence-electron chi connectivity index (χ0n) is 36.5. The number of hydrogen-bond acceptors (Lipinski definition) is 14. The van der Waals surface area contributed by atoms with Crippen LogP contribution in [0, 0.1) is 30.6 Å². The van der Waals surface area contributed by atoms with Crippen LogP contribution in [0.25, 0.3) is 10.8 Å². The maximum Gasteiger partial charge on any atom is 0.312 e. The summed E-state index contributed by atoms with van der Waals surface area (Å²) in [4.78, 5) is 52.6. The molecule has 5 aliphatic heterocycles. The van der Waals surface area contributed by atoms with Gasteiger partial charge in [0.1, 0.15) is 28.3 Å². The lowest BCUT2D eigenvalue weighted by atomic mass is 9.78. The number of aliphatic hydroxyl groups is 2. The first-order valence-corrected chi connectivity index (χ1v) is 20.9. The van der Waals surface area contributed by atoms with Crippen LogP contribution in [0.15, 0.2) is 58.8 Å². The van der Waals surface area contributed by atoms with Crippen LogP contribution >= 0.6 is 0 Å². The number of phenols is 2. The Labute approximate surface area is 356 Å². The van der Waals surface area contributed by atoms with Crippen LogP contribution in [-0.2, 0) is 23.8 Å². The standard InChI is InChI=1S/C46H60N4O11/c1-11-18-50-19-16-46(17-20-50)22-47-35-34(49-46)31-32-39(54)28(7)42-33(31)43(56)45(9,61-42)59-21-15-30(58-10)25(4)41(60-29(8)51)27(6)38(53)26(5)37(52)23(2)13-12-14-24(3)44(57)48-36(35)40(32)55/h11-15,21,23,25-27,30,37-38,41,49,52-55H,1,16-20,22H2,2-10H3/b13-12+,21-15+,24-14-,48-36?/t23-,25?,26+,27+,30-,37-,38+,41+,45-/m0/s1. The molecular weight excluding hydrogens is 785 g/mol. The Morgan fingerprint density at radius 1 is 1.02 bits per heavy atom. The highest BCUT2D eigenvalue weighted by molar-refractivity contribution is 6.21. The molecule has 2 aromatic carbocycles. The van der Waals surface area contributed by atoms with Gasteiger partial charge in [0.2, 0.25) is 0 Å². The number of carbonyl (C=O) groups is 3. The van der Waals surface area contributed by atoms with Gasteiger partial charge in [-0.1, -0.05) is 52.0 Å². The number of nitrogens with zero attached hydrogens (tertiary/aromatic N) is 3. The highest BCUT2D eigenvalue weighted by Crippen LogP contribution is 2.51. The Morgan fingerprint density at radius 3 is 2.34 bits per heavy atom. The van der Waals surface area contributed by atoms with Gasteiger partial charge in [0.15, 0.2) is 5.75 Å². The van der Waals surface area contributed by atoms with Gasteiger partial charge in [-0.05, 0) is 32.8 Å². The van der Waals surface area contributed by atoms with Gasteiger partial charge in [-0.25, -0.2) is 4.99 Å². The van der Waals surface area contributed by atoms with E-state index >= 15 is 0 Å². The third-order valence-corrected chi connectivity index (χ3v) is 13.1. The van der Waals surface area contributed by atoms with E-state index in [2.05, 4.69) is 21.8 Å². The highest BCUT2D eigenvalue weighted by Gasteiger charge is 2.50. The van der Waals surface area contributed by atoms with Crippen molar-refractivity contribution >= 4 is 34.1 Å². The molecule has 0 aromatic heterocycles. The Kier molecular flexibility index (Phi) is 13.2. The maximum absolute atomic E-state index is 14.8. The average molecular weight is 845 g/mol. The molecular formula is C46H60N4O11. The molecule has 0 saturated carbocycles. The number of anilines is 1. The number of amides is 1. The van der Waals surface area contributed by atoms with E-state index in [1.807, 2.05) is 6.08 Å². The van der Waals surface area contributed by atoms with E-state index in [1.54, 1.807) is 59.8 Å². The molecule has 1 fully saturated rings. The number of carbonyl (C=O) groups excluding carboxylic acids is 3. The number of ketones is 1. The average Bonchev–Trinajstić information content (AvgIpc) is 3.49. The number of esters is 1. The van der Waals surface area contributed by atoms with Gasteiger partial charge < -0.3 is 44.7 Å². The normalized spacial score (nSPS) is 32.7. The van der Waals surface area contributed by atoms with Crippen LogP contribution in [0.5, 0.6) is 17.2 Å². The molecule has 1 unspecified atom stereocenters. The molecule has 2 aromatic rings. The molecule has 1 spiro atoms. The number of benzene rings is 2. The number of nitrogens with one attached hydrogen (secondary N) is 1. The summed E-state index contributed by atoms with van der Waals surface area (Å²) in [7, 11) is 1.47. The molecule has 1 saturated heterocycles. The van der Waals surface area contributed by atoms with Crippen molar-refractivity contribution in [2.45, 2.75) is 104 Å². The number of fused-ring (bicyclic) bond motifs is 13. The molecule has 0 radical (unpaired) electrons. The summed E-state index contributed by atoms with van der Waals surface area (Å²) in [5, 5.41) is 50.6. The van der Waals surface area contributed by atoms with Crippen molar-refractivity contribution in [3.63, 3.8) is 0 Å². The van der Waals surface area contributed by atoms with Gasteiger partial charge in [0.05, 0.1) is 53.3 Å². The van der Waals surface area contributed by atoms with Crippen LogP contribution in [0.1, 0.15) is 77.2 Å². The lowest BCUT2D eigenvalue weighted by molar-refractivity contribution is -0.160. The predicted octanol–water partition coefficient (Wildman–Crippen LogP) is 4.32. The van der Waals surface area contributed by atoms with Crippen molar-refractivity contribution in [1.29, 1.82) is 0 Å². The van der Waals surface area contributed by atoms with Crippen LogP contribution < -0.4 is 20.8 Å². The minimum absolute atomic E-state index is 0.0463. The van der Waals surface area contributed by atoms with Gasteiger partial charge in [-0.2, -0.15) is 0 Å². The third-order valence-electron chi connectivity index (χ3n) is 13.1. The fourth-order valence-electron chi connectivity index (χ4n) is 9.11. The second-order valence-electron chi connectivity index (χ2n) is 17.3. The van der Waals surface area contributed by atoms with Crippen molar-refractivity contribution in [2.24, 2.45) is 33.7 Å². The minimum atomic E-state index is -1.96. The molecule has 15 nitrogen and oxygen atoms in total. The number of methoxy groups -OCH3 is 1. The van der Waals surface area contributed by atoms with Crippen molar-refractivity contribution in [1.82, 2.24) is 4.90 Å². The molecule has 5 bridgehead atoms. The monoisotopic (exact) mass is 844 g/mol. The quantitative estimate of drug-likeness (QED) is 0.165. The number of phenolic OH excluding ortho intramolecular Hbond substituents is 2. The van der Waals surface area contributed by atoms with E-state index in [0.29, 0.717) is 25.1 Å². The lowest BCUT2D eigenvalue weighted by Gasteiger charge is -2.43. The Hall–Kier alpha value is -5.09. The summed E-state index contributed by atoms with van der Waals surface area (Å²) in [6.07, 6.45) is 7.09. The van der Waals surface area contributed by atoms with Crippen molar-refractivity contribution in [3.8, 4) is 17.2 Å². The summed E-state index contributed by atoms with van der Waals surface area (Å²) < 4.78 is 24.0. The van der Waals surface area contributed by atoms with Crippen LogP contribution in [0.2, 0.25) is 0 Å². The largest absolute Gasteiger partial charge is 0.507 e. The third kappa shape index (κ3) is 8.45. The van der Waals surface area contributed by atoms with Crippen LogP contribution in [0.4, 0.5) is 5.69 Å².